The number of hydrogen-bond acceptors (Lipinski definition) is 2. The Morgan fingerprint density at radius 2 is 1.76 bits per heavy atom. The standard InChI is InChI=1S/C18H18N2O/c19-16-6-5-12-7-8-20(17(12)11-16)18(21)15-9-13-3-1-2-4-14(13)10-15/h1-6,11,15H,7-10,19H2. The van der Waals surface area contributed by atoms with Crippen LogP contribution in [0.5, 0.6) is 0 Å². The van der Waals surface area contributed by atoms with Gasteiger partial charge >= 0.3 is 0 Å². The first-order chi connectivity index (χ1) is 10.2. The van der Waals surface area contributed by atoms with Crippen molar-refractivity contribution >= 4 is 17.3 Å². The van der Waals surface area contributed by atoms with Crippen molar-refractivity contribution in [3.05, 3.63) is 59.2 Å². The molecule has 21 heavy (non-hydrogen) atoms. The predicted molar refractivity (Wildman–Crippen MR) is 84.3 cm³/mol. The highest BCUT2D eigenvalue weighted by molar-refractivity contribution is 5.98. The molecule has 0 unspecified atom stereocenters. The van der Waals surface area contributed by atoms with E-state index in [1.807, 2.05) is 23.1 Å². The molecule has 2 aromatic rings. The summed E-state index contributed by atoms with van der Waals surface area (Å²) >= 11 is 0. The summed E-state index contributed by atoms with van der Waals surface area (Å²) in [5, 5.41) is 0. The number of nitrogens with zero attached hydrogens (tertiary/aromatic N) is 1. The van der Waals surface area contributed by atoms with Crippen LogP contribution in [0.2, 0.25) is 0 Å². The van der Waals surface area contributed by atoms with Gasteiger partial charge in [-0.3, -0.25) is 4.79 Å². The van der Waals surface area contributed by atoms with E-state index in [1.54, 1.807) is 0 Å². The van der Waals surface area contributed by atoms with Crippen molar-refractivity contribution in [3.63, 3.8) is 0 Å². The SMILES string of the molecule is Nc1ccc2c(c1)N(C(=O)C1Cc3ccccc3C1)CC2. The van der Waals surface area contributed by atoms with Crippen LogP contribution in [0.1, 0.15) is 16.7 Å². The van der Waals surface area contributed by atoms with Crippen molar-refractivity contribution in [2.24, 2.45) is 5.92 Å². The summed E-state index contributed by atoms with van der Waals surface area (Å²) in [6.07, 6.45) is 2.66. The number of carbonyl (C=O) groups excluding carboxylic acids is 1. The van der Waals surface area contributed by atoms with Crippen molar-refractivity contribution in [1.29, 1.82) is 0 Å². The third kappa shape index (κ3) is 2.00. The Morgan fingerprint density at radius 1 is 1.05 bits per heavy atom. The summed E-state index contributed by atoms with van der Waals surface area (Å²) in [6, 6.07) is 14.3. The smallest absolute Gasteiger partial charge is 0.230 e. The molecule has 0 spiro atoms. The molecule has 0 fully saturated rings. The maximum atomic E-state index is 12.9. The van der Waals surface area contributed by atoms with E-state index in [4.69, 9.17) is 5.73 Å². The zero-order chi connectivity index (χ0) is 14.4. The van der Waals surface area contributed by atoms with Crippen LogP contribution in [0.3, 0.4) is 0 Å². The third-order valence-electron chi connectivity index (χ3n) is 4.67. The van der Waals surface area contributed by atoms with Crippen LogP contribution in [0, 0.1) is 5.92 Å². The van der Waals surface area contributed by atoms with Gasteiger partial charge in [0.1, 0.15) is 0 Å². The van der Waals surface area contributed by atoms with E-state index >= 15 is 0 Å². The summed E-state index contributed by atoms with van der Waals surface area (Å²) in [6.45, 7) is 0.782. The second-order valence-electron chi connectivity index (χ2n) is 6.00. The number of benzene rings is 2. The Labute approximate surface area is 124 Å². The van der Waals surface area contributed by atoms with Crippen LogP contribution >= 0.6 is 0 Å². The van der Waals surface area contributed by atoms with Gasteiger partial charge in [-0.1, -0.05) is 30.3 Å². The maximum Gasteiger partial charge on any atom is 0.230 e. The van der Waals surface area contributed by atoms with Gasteiger partial charge in [0.25, 0.3) is 0 Å². The van der Waals surface area contributed by atoms with Crippen molar-refractivity contribution in [2.45, 2.75) is 19.3 Å². The topological polar surface area (TPSA) is 46.3 Å². The molecule has 1 aliphatic heterocycles. The van der Waals surface area contributed by atoms with Crippen molar-refractivity contribution < 1.29 is 4.79 Å². The number of rotatable bonds is 1. The van der Waals surface area contributed by atoms with Gasteiger partial charge in [-0.2, -0.15) is 0 Å². The van der Waals surface area contributed by atoms with E-state index in [0.29, 0.717) is 0 Å². The molecule has 2 N–H and O–H groups in total. The largest absolute Gasteiger partial charge is 0.399 e. The lowest BCUT2D eigenvalue weighted by atomic mass is 10.0. The lowest BCUT2D eigenvalue weighted by molar-refractivity contribution is -0.122. The molecule has 1 aliphatic carbocycles. The van der Waals surface area contributed by atoms with Gasteiger partial charge in [0.15, 0.2) is 0 Å². The molecule has 0 atom stereocenters. The first-order valence-electron chi connectivity index (χ1n) is 7.49. The molecular formula is C18H18N2O. The highest BCUT2D eigenvalue weighted by Gasteiger charge is 2.33. The van der Waals surface area contributed by atoms with E-state index in [1.165, 1.54) is 16.7 Å². The molecule has 3 nitrogen and oxygen atoms in total. The lowest BCUT2D eigenvalue weighted by Crippen LogP contribution is -2.35. The Kier molecular flexibility index (Phi) is 2.74. The van der Waals surface area contributed by atoms with Crippen molar-refractivity contribution in [3.8, 4) is 0 Å². The van der Waals surface area contributed by atoms with E-state index in [2.05, 4.69) is 24.3 Å². The number of anilines is 2. The first-order valence-corrected chi connectivity index (χ1v) is 7.49. The molecule has 4 rings (SSSR count). The van der Waals surface area contributed by atoms with E-state index in [0.717, 1.165) is 37.2 Å². The van der Waals surface area contributed by atoms with Gasteiger partial charge in [-0.15, -0.1) is 0 Å². The number of nitrogen functional groups attached to an aromatic ring is 1. The average molecular weight is 278 g/mol. The van der Waals surface area contributed by atoms with Gasteiger partial charge in [0, 0.05) is 23.8 Å². The highest BCUT2D eigenvalue weighted by atomic mass is 16.2. The molecule has 1 amide bonds. The molecule has 2 aromatic carbocycles. The highest BCUT2D eigenvalue weighted by Crippen LogP contribution is 2.34. The molecule has 0 saturated carbocycles. The fourth-order valence-electron chi connectivity index (χ4n) is 3.58. The minimum Gasteiger partial charge on any atom is -0.399 e. The summed E-state index contributed by atoms with van der Waals surface area (Å²) in [4.78, 5) is 14.8. The van der Waals surface area contributed by atoms with Crippen LogP contribution in [-0.2, 0) is 24.1 Å². The summed E-state index contributed by atoms with van der Waals surface area (Å²) in [7, 11) is 0. The Hall–Kier alpha value is -2.29. The Bertz CT molecular complexity index is 698. The number of carbonyl (C=O) groups is 1. The fraction of sp³-hybridized carbons (Fsp3) is 0.278. The van der Waals surface area contributed by atoms with Crippen molar-refractivity contribution in [1.82, 2.24) is 0 Å². The quantitative estimate of drug-likeness (QED) is 0.815. The third-order valence-corrected chi connectivity index (χ3v) is 4.67. The molecule has 106 valence electrons. The number of hydrogen-bond donors (Lipinski definition) is 1. The van der Waals surface area contributed by atoms with Crippen LogP contribution in [0.15, 0.2) is 42.5 Å². The lowest BCUT2D eigenvalue weighted by Gasteiger charge is -2.21. The predicted octanol–water partition coefficient (Wildman–Crippen LogP) is 2.57. The summed E-state index contributed by atoms with van der Waals surface area (Å²) in [5.74, 6) is 0.324. The zero-order valence-corrected chi connectivity index (χ0v) is 11.9. The molecule has 1 heterocycles. The molecule has 0 aromatic heterocycles. The first kappa shape index (κ1) is 12.5. The minimum absolute atomic E-state index is 0.0785. The monoisotopic (exact) mass is 278 g/mol. The molecule has 0 bridgehead atoms. The van der Waals surface area contributed by atoms with Crippen LogP contribution < -0.4 is 10.6 Å². The summed E-state index contributed by atoms with van der Waals surface area (Å²) in [5.41, 5.74) is 11.5. The van der Waals surface area contributed by atoms with Crippen molar-refractivity contribution in [2.75, 3.05) is 17.2 Å². The maximum absolute atomic E-state index is 12.9. The molecular weight excluding hydrogens is 260 g/mol. The Morgan fingerprint density at radius 3 is 2.48 bits per heavy atom. The molecule has 0 radical (unpaired) electrons. The van der Waals surface area contributed by atoms with Gasteiger partial charge in [0.2, 0.25) is 5.91 Å². The zero-order valence-electron chi connectivity index (χ0n) is 11.9. The number of nitrogens with two attached hydrogens (primary N) is 1. The Balaban J connectivity index is 1.60. The number of fused-ring (bicyclic) bond motifs is 2. The van der Waals surface area contributed by atoms with Gasteiger partial charge in [0.05, 0.1) is 0 Å². The van der Waals surface area contributed by atoms with Crippen LogP contribution in [-0.4, -0.2) is 12.5 Å². The van der Waals surface area contributed by atoms with E-state index < -0.39 is 0 Å². The second-order valence-corrected chi connectivity index (χ2v) is 6.00. The van der Waals surface area contributed by atoms with Crippen LogP contribution in [0.25, 0.3) is 0 Å². The minimum atomic E-state index is 0.0785. The van der Waals surface area contributed by atoms with Gasteiger partial charge in [-0.05, 0) is 48.1 Å². The van der Waals surface area contributed by atoms with E-state index in [9.17, 15) is 4.79 Å². The van der Waals surface area contributed by atoms with Crippen LogP contribution in [0.4, 0.5) is 11.4 Å². The molecule has 0 saturated heterocycles. The summed E-state index contributed by atoms with van der Waals surface area (Å²) < 4.78 is 0. The number of amides is 1. The van der Waals surface area contributed by atoms with Gasteiger partial charge in [-0.25, -0.2) is 0 Å². The average Bonchev–Trinajstić information content (AvgIpc) is 3.09. The van der Waals surface area contributed by atoms with Gasteiger partial charge < -0.3 is 10.6 Å². The fourth-order valence-corrected chi connectivity index (χ4v) is 3.58. The normalized spacial score (nSPS) is 16.9. The second kappa shape index (κ2) is 4.62. The van der Waals surface area contributed by atoms with E-state index in [-0.39, 0.29) is 11.8 Å². The molecule has 3 heteroatoms. The molecule has 2 aliphatic rings.